The summed E-state index contributed by atoms with van der Waals surface area (Å²) in [5.74, 6) is 0.912. The molecule has 8 heteroatoms. The highest BCUT2D eigenvalue weighted by Gasteiger charge is 2.28. The van der Waals surface area contributed by atoms with Crippen LogP contribution in [-0.2, 0) is 16.6 Å². The van der Waals surface area contributed by atoms with Crippen molar-refractivity contribution in [3.8, 4) is 0 Å². The first-order chi connectivity index (χ1) is 12.5. The summed E-state index contributed by atoms with van der Waals surface area (Å²) in [5, 5.41) is 0. The summed E-state index contributed by atoms with van der Waals surface area (Å²) >= 11 is 3.34. The molecule has 1 saturated heterocycles. The number of benzene rings is 2. The minimum Gasteiger partial charge on any atom is -0.341 e. The smallest absolute Gasteiger partial charge is 0.243 e. The van der Waals surface area contributed by atoms with E-state index >= 15 is 0 Å². The third-order valence-electron chi connectivity index (χ3n) is 4.58. The second kappa shape index (κ2) is 7.11. The molecule has 0 saturated carbocycles. The van der Waals surface area contributed by atoms with E-state index in [1.54, 1.807) is 22.5 Å². The molecule has 2 aromatic carbocycles. The molecule has 2 heterocycles. The maximum atomic E-state index is 12.8. The lowest BCUT2D eigenvalue weighted by atomic mass is 10.3. The van der Waals surface area contributed by atoms with Gasteiger partial charge in [0.05, 0.1) is 22.5 Å². The standard InChI is InChI=1S/C18H19BrN4O2S/c19-14-4-3-5-15(12-14)26(24,25)23-10-8-22(9-11-23)13-18-20-16-6-1-2-7-17(16)21-18/h1-7,12H,8-11,13H2,(H,20,21). The van der Waals surface area contributed by atoms with Gasteiger partial charge in [-0.1, -0.05) is 34.1 Å². The molecule has 0 bridgehead atoms. The van der Waals surface area contributed by atoms with E-state index in [1.165, 1.54) is 0 Å². The molecule has 6 nitrogen and oxygen atoms in total. The van der Waals surface area contributed by atoms with Gasteiger partial charge in [0, 0.05) is 30.7 Å². The van der Waals surface area contributed by atoms with Crippen LogP contribution in [0.3, 0.4) is 0 Å². The molecule has 26 heavy (non-hydrogen) atoms. The number of para-hydroxylation sites is 2. The highest BCUT2D eigenvalue weighted by atomic mass is 79.9. The van der Waals surface area contributed by atoms with E-state index in [2.05, 4.69) is 30.8 Å². The van der Waals surface area contributed by atoms with Gasteiger partial charge in [0.2, 0.25) is 10.0 Å². The van der Waals surface area contributed by atoms with E-state index in [0.29, 0.717) is 37.6 Å². The molecular formula is C18H19BrN4O2S. The molecule has 1 aliphatic rings. The van der Waals surface area contributed by atoms with Crippen LogP contribution in [-0.4, -0.2) is 53.8 Å². The monoisotopic (exact) mass is 434 g/mol. The van der Waals surface area contributed by atoms with Crippen molar-refractivity contribution in [1.82, 2.24) is 19.2 Å². The zero-order valence-electron chi connectivity index (χ0n) is 14.1. The van der Waals surface area contributed by atoms with Crippen molar-refractivity contribution in [1.29, 1.82) is 0 Å². The number of sulfonamides is 1. The van der Waals surface area contributed by atoms with E-state index in [-0.39, 0.29) is 0 Å². The second-order valence-electron chi connectivity index (χ2n) is 6.34. The highest BCUT2D eigenvalue weighted by Crippen LogP contribution is 2.21. The number of H-pyrrole nitrogens is 1. The Morgan fingerprint density at radius 2 is 1.81 bits per heavy atom. The van der Waals surface area contributed by atoms with Crippen LogP contribution in [0.1, 0.15) is 5.82 Å². The first kappa shape index (κ1) is 17.7. The van der Waals surface area contributed by atoms with E-state index in [4.69, 9.17) is 0 Å². The lowest BCUT2D eigenvalue weighted by Crippen LogP contribution is -2.48. The van der Waals surface area contributed by atoms with Crippen LogP contribution >= 0.6 is 15.9 Å². The van der Waals surface area contributed by atoms with Crippen LogP contribution in [0.5, 0.6) is 0 Å². The van der Waals surface area contributed by atoms with Crippen LogP contribution in [0.25, 0.3) is 11.0 Å². The van der Waals surface area contributed by atoms with E-state index in [0.717, 1.165) is 21.3 Å². The Kier molecular flexibility index (Phi) is 4.83. The van der Waals surface area contributed by atoms with Crippen LogP contribution in [0.4, 0.5) is 0 Å². The maximum Gasteiger partial charge on any atom is 0.243 e. The Morgan fingerprint density at radius 3 is 2.54 bits per heavy atom. The molecule has 0 atom stereocenters. The minimum absolute atomic E-state index is 0.331. The van der Waals surface area contributed by atoms with E-state index in [9.17, 15) is 8.42 Å². The lowest BCUT2D eigenvalue weighted by Gasteiger charge is -2.33. The van der Waals surface area contributed by atoms with Crippen LogP contribution < -0.4 is 0 Å². The molecule has 0 unspecified atom stereocenters. The van der Waals surface area contributed by atoms with Gasteiger partial charge in [-0.2, -0.15) is 4.31 Å². The predicted molar refractivity (Wildman–Crippen MR) is 104 cm³/mol. The molecule has 0 amide bonds. The van der Waals surface area contributed by atoms with Gasteiger partial charge in [-0.05, 0) is 30.3 Å². The van der Waals surface area contributed by atoms with E-state index < -0.39 is 10.0 Å². The molecule has 1 N–H and O–H groups in total. The summed E-state index contributed by atoms with van der Waals surface area (Å²) in [6.45, 7) is 3.03. The number of fused-ring (bicyclic) bond motifs is 1. The summed E-state index contributed by atoms with van der Waals surface area (Å²) in [5.41, 5.74) is 1.98. The number of nitrogens with zero attached hydrogens (tertiary/aromatic N) is 3. The quantitative estimate of drug-likeness (QED) is 0.685. The highest BCUT2D eigenvalue weighted by molar-refractivity contribution is 9.10. The van der Waals surface area contributed by atoms with Gasteiger partial charge in [-0.25, -0.2) is 13.4 Å². The van der Waals surface area contributed by atoms with Crippen molar-refractivity contribution >= 4 is 37.0 Å². The van der Waals surface area contributed by atoms with Gasteiger partial charge in [-0.15, -0.1) is 0 Å². The normalized spacial score (nSPS) is 17.0. The Bertz CT molecular complexity index is 993. The minimum atomic E-state index is -3.45. The van der Waals surface area contributed by atoms with Crippen molar-refractivity contribution in [3.63, 3.8) is 0 Å². The predicted octanol–water partition coefficient (Wildman–Crippen LogP) is 2.83. The van der Waals surface area contributed by atoms with E-state index in [1.807, 2.05) is 30.3 Å². The second-order valence-corrected chi connectivity index (χ2v) is 9.19. The molecule has 1 fully saturated rings. The third kappa shape index (κ3) is 3.55. The average molecular weight is 435 g/mol. The molecule has 4 rings (SSSR count). The number of imidazole rings is 1. The number of rotatable bonds is 4. The first-order valence-electron chi connectivity index (χ1n) is 8.44. The Labute approximate surface area is 161 Å². The van der Waals surface area contributed by atoms with Gasteiger partial charge in [-0.3, -0.25) is 4.90 Å². The number of aromatic amines is 1. The number of piperazine rings is 1. The topological polar surface area (TPSA) is 69.3 Å². The number of hydrogen-bond donors (Lipinski definition) is 1. The van der Waals surface area contributed by atoms with Crippen molar-refractivity contribution in [2.75, 3.05) is 26.2 Å². The molecule has 0 radical (unpaired) electrons. The van der Waals surface area contributed by atoms with Crippen molar-refractivity contribution in [3.05, 3.63) is 58.8 Å². The molecule has 0 aliphatic carbocycles. The fraction of sp³-hybridized carbons (Fsp3) is 0.278. The first-order valence-corrected chi connectivity index (χ1v) is 10.7. The Hall–Kier alpha value is -1.74. The summed E-state index contributed by atoms with van der Waals surface area (Å²) in [7, 11) is -3.45. The lowest BCUT2D eigenvalue weighted by molar-refractivity contribution is 0.178. The number of aromatic nitrogens is 2. The SMILES string of the molecule is O=S(=O)(c1cccc(Br)c1)N1CCN(Cc2nc3ccccc3[nH]2)CC1. The Morgan fingerprint density at radius 1 is 1.04 bits per heavy atom. The summed E-state index contributed by atoms with van der Waals surface area (Å²) < 4.78 is 27.9. The molecule has 1 aliphatic heterocycles. The number of halogens is 1. The zero-order valence-corrected chi connectivity index (χ0v) is 16.5. The van der Waals surface area contributed by atoms with Crippen molar-refractivity contribution in [2.45, 2.75) is 11.4 Å². The summed E-state index contributed by atoms with van der Waals surface area (Å²) in [6.07, 6.45) is 0. The van der Waals surface area contributed by atoms with Crippen LogP contribution in [0, 0.1) is 0 Å². The van der Waals surface area contributed by atoms with Gasteiger partial charge in [0.25, 0.3) is 0 Å². The number of nitrogens with one attached hydrogen (secondary N) is 1. The summed E-state index contributed by atoms with van der Waals surface area (Å²) in [6, 6.07) is 14.8. The molecule has 136 valence electrons. The fourth-order valence-corrected chi connectivity index (χ4v) is 5.22. The Balaban J connectivity index is 1.42. The third-order valence-corrected chi connectivity index (χ3v) is 6.96. The van der Waals surface area contributed by atoms with Crippen molar-refractivity contribution in [2.24, 2.45) is 0 Å². The van der Waals surface area contributed by atoms with Gasteiger partial charge in [0.1, 0.15) is 5.82 Å². The maximum absolute atomic E-state index is 12.8. The summed E-state index contributed by atoms with van der Waals surface area (Å²) in [4.78, 5) is 10.5. The zero-order chi connectivity index (χ0) is 18.1. The molecular weight excluding hydrogens is 416 g/mol. The van der Waals surface area contributed by atoms with Gasteiger partial charge < -0.3 is 4.98 Å². The largest absolute Gasteiger partial charge is 0.341 e. The molecule has 3 aromatic rings. The number of hydrogen-bond acceptors (Lipinski definition) is 4. The molecule has 1 aromatic heterocycles. The molecule has 0 spiro atoms. The van der Waals surface area contributed by atoms with Gasteiger partial charge in [0.15, 0.2) is 0 Å². The van der Waals surface area contributed by atoms with Crippen LogP contribution in [0.15, 0.2) is 57.9 Å². The fourth-order valence-electron chi connectivity index (χ4n) is 3.20. The van der Waals surface area contributed by atoms with Gasteiger partial charge >= 0.3 is 0 Å². The average Bonchev–Trinajstić information content (AvgIpc) is 3.04. The van der Waals surface area contributed by atoms with Crippen molar-refractivity contribution < 1.29 is 8.42 Å². The van der Waals surface area contributed by atoms with Crippen LogP contribution in [0.2, 0.25) is 0 Å².